The molecule has 1 aromatic heterocycles. The van der Waals surface area contributed by atoms with E-state index in [0.29, 0.717) is 0 Å². The van der Waals surface area contributed by atoms with E-state index in [4.69, 9.17) is 4.98 Å². The van der Waals surface area contributed by atoms with E-state index in [1.807, 2.05) is 61.5 Å². The number of carbonyl (C=O) groups excluding carboxylic acids is 1. The number of pyridine rings is 1. The first-order valence-corrected chi connectivity index (χ1v) is 7.54. The lowest BCUT2D eigenvalue weighted by atomic mass is 10.1. The molecule has 2 aromatic carbocycles. The third-order valence-corrected chi connectivity index (χ3v) is 3.54. The molecular formula is C20H18N2O. The lowest BCUT2D eigenvalue weighted by Gasteiger charge is -2.10. The van der Waals surface area contributed by atoms with Crippen molar-refractivity contribution >= 4 is 22.4 Å². The summed E-state index contributed by atoms with van der Waals surface area (Å²) in [5.41, 5.74) is 4.61. The standard InChI is InChI=1S/C20H18N2O/c1-14(13-15(2)23)21-19-10-6-9-17-11-12-18(22-20(17)19)16-7-4-3-5-8-16/h3-13,21H,1-2H3. The molecule has 3 nitrogen and oxygen atoms in total. The van der Waals surface area contributed by atoms with Gasteiger partial charge in [-0.05, 0) is 32.1 Å². The molecule has 0 saturated carbocycles. The number of nitrogens with one attached hydrogen (secondary N) is 1. The van der Waals surface area contributed by atoms with E-state index in [1.165, 1.54) is 0 Å². The maximum absolute atomic E-state index is 11.2. The summed E-state index contributed by atoms with van der Waals surface area (Å²) in [7, 11) is 0. The quantitative estimate of drug-likeness (QED) is 0.703. The van der Waals surface area contributed by atoms with Crippen LogP contribution in [0.5, 0.6) is 0 Å². The lowest BCUT2D eigenvalue weighted by Crippen LogP contribution is -2.00. The Bertz CT molecular complexity index is 883. The molecule has 3 aromatic rings. The third-order valence-electron chi connectivity index (χ3n) is 3.54. The largest absolute Gasteiger partial charge is 0.357 e. The Hall–Kier alpha value is -2.94. The van der Waals surface area contributed by atoms with Crippen LogP contribution in [0.2, 0.25) is 0 Å². The molecule has 1 heterocycles. The molecule has 0 aliphatic heterocycles. The topological polar surface area (TPSA) is 42.0 Å². The average molecular weight is 302 g/mol. The van der Waals surface area contributed by atoms with Gasteiger partial charge in [-0.2, -0.15) is 0 Å². The molecule has 3 heteroatoms. The van der Waals surface area contributed by atoms with Crippen molar-refractivity contribution in [2.75, 3.05) is 5.32 Å². The van der Waals surface area contributed by atoms with Crippen molar-refractivity contribution in [2.24, 2.45) is 0 Å². The van der Waals surface area contributed by atoms with Crippen LogP contribution in [0.3, 0.4) is 0 Å². The van der Waals surface area contributed by atoms with Gasteiger partial charge in [-0.3, -0.25) is 4.79 Å². The monoisotopic (exact) mass is 302 g/mol. The normalized spacial score (nSPS) is 11.5. The summed E-state index contributed by atoms with van der Waals surface area (Å²) >= 11 is 0. The fraction of sp³-hybridized carbons (Fsp3) is 0.100. The molecule has 0 unspecified atom stereocenters. The number of fused-ring (bicyclic) bond motifs is 1. The first-order valence-electron chi connectivity index (χ1n) is 7.54. The van der Waals surface area contributed by atoms with E-state index in [2.05, 4.69) is 11.4 Å². The predicted octanol–water partition coefficient (Wildman–Crippen LogP) is 4.81. The van der Waals surface area contributed by atoms with Crippen LogP contribution in [-0.2, 0) is 4.79 Å². The highest BCUT2D eigenvalue weighted by Crippen LogP contribution is 2.26. The number of allylic oxidation sites excluding steroid dienone is 2. The Labute approximate surface area is 135 Å². The second kappa shape index (κ2) is 6.44. The van der Waals surface area contributed by atoms with Crippen LogP contribution in [0, 0.1) is 0 Å². The van der Waals surface area contributed by atoms with Crippen LogP contribution in [-0.4, -0.2) is 10.8 Å². The van der Waals surface area contributed by atoms with Crippen LogP contribution in [0.1, 0.15) is 13.8 Å². The molecule has 0 fully saturated rings. The molecule has 0 atom stereocenters. The minimum absolute atomic E-state index is 0.0215. The summed E-state index contributed by atoms with van der Waals surface area (Å²) in [6, 6.07) is 20.2. The van der Waals surface area contributed by atoms with E-state index in [0.717, 1.165) is 33.5 Å². The number of para-hydroxylation sites is 1. The number of aromatic nitrogens is 1. The number of anilines is 1. The van der Waals surface area contributed by atoms with E-state index in [1.54, 1.807) is 13.0 Å². The number of ketones is 1. The van der Waals surface area contributed by atoms with Crippen molar-refractivity contribution in [3.05, 3.63) is 72.4 Å². The smallest absolute Gasteiger partial charge is 0.154 e. The molecule has 0 bridgehead atoms. The fourth-order valence-electron chi connectivity index (χ4n) is 2.57. The molecule has 0 aliphatic carbocycles. The SMILES string of the molecule is CC(=O)C=C(C)Nc1cccc2ccc(-c3ccccc3)nc12. The Morgan fingerprint density at radius 1 is 0.957 bits per heavy atom. The molecule has 0 saturated heterocycles. The van der Waals surface area contributed by atoms with Crippen LogP contribution in [0.4, 0.5) is 5.69 Å². The summed E-state index contributed by atoms with van der Waals surface area (Å²) in [4.78, 5) is 16.0. The maximum atomic E-state index is 11.2. The van der Waals surface area contributed by atoms with Crippen molar-refractivity contribution in [2.45, 2.75) is 13.8 Å². The molecule has 114 valence electrons. The maximum Gasteiger partial charge on any atom is 0.154 e. The predicted molar refractivity (Wildman–Crippen MR) is 95.2 cm³/mol. The lowest BCUT2D eigenvalue weighted by molar-refractivity contribution is -0.112. The highest BCUT2D eigenvalue weighted by Gasteiger charge is 2.06. The molecular weight excluding hydrogens is 284 g/mol. The van der Waals surface area contributed by atoms with Crippen molar-refractivity contribution in [1.82, 2.24) is 4.98 Å². The first-order chi connectivity index (χ1) is 11.1. The number of hydrogen-bond donors (Lipinski definition) is 1. The van der Waals surface area contributed by atoms with Gasteiger partial charge < -0.3 is 5.32 Å². The van der Waals surface area contributed by atoms with Crippen LogP contribution >= 0.6 is 0 Å². The molecule has 0 radical (unpaired) electrons. The molecule has 0 amide bonds. The van der Waals surface area contributed by atoms with Gasteiger partial charge in [0.15, 0.2) is 5.78 Å². The van der Waals surface area contributed by atoms with Gasteiger partial charge in [0.25, 0.3) is 0 Å². The van der Waals surface area contributed by atoms with Crippen molar-refractivity contribution in [3.8, 4) is 11.3 Å². The zero-order valence-corrected chi connectivity index (χ0v) is 13.2. The van der Waals surface area contributed by atoms with Gasteiger partial charge in [-0.15, -0.1) is 0 Å². The summed E-state index contributed by atoms with van der Waals surface area (Å²) < 4.78 is 0. The second-order valence-electron chi connectivity index (χ2n) is 5.50. The number of hydrogen-bond acceptors (Lipinski definition) is 3. The molecule has 3 rings (SSSR count). The van der Waals surface area contributed by atoms with Crippen molar-refractivity contribution in [1.29, 1.82) is 0 Å². The number of nitrogens with zero attached hydrogens (tertiary/aromatic N) is 1. The van der Waals surface area contributed by atoms with Gasteiger partial charge in [0.1, 0.15) is 0 Å². The molecule has 0 spiro atoms. The van der Waals surface area contributed by atoms with E-state index in [9.17, 15) is 4.79 Å². The summed E-state index contributed by atoms with van der Waals surface area (Å²) in [5.74, 6) is 0.0215. The van der Waals surface area contributed by atoms with Gasteiger partial charge in [-0.1, -0.05) is 48.5 Å². The van der Waals surface area contributed by atoms with Gasteiger partial charge in [0, 0.05) is 16.6 Å². The Morgan fingerprint density at radius 3 is 2.48 bits per heavy atom. The summed E-state index contributed by atoms with van der Waals surface area (Å²) in [6.45, 7) is 3.42. The molecule has 1 N–H and O–H groups in total. The second-order valence-corrected chi connectivity index (χ2v) is 5.50. The van der Waals surface area contributed by atoms with Crippen molar-refractivity contribution in [3.63, 3.8) is 0 Å². The van der Waals surface area contributed by atoms with Gasteiger partial charge in [0.2, 0.25) is 0 Å². The zero-order chi connectivity index (χ0) is 16.2. The Balaban J connectivity index is 2.07. The van der Waals surface area contributed by atoms with Gasteiger partial charge in [0.05, 0.1) is 16.9 Å². The third kappa shape index (κ3) is 3.46. The number of rotatable bonds is 4. The average Bonchev–Trinajstić information content (AvgIpc) is 2.55. The van der Waals surface area contributed by atoms with Crippen LogP contribution in [0.25, 0.3) is 22.2 Å². The minimum atomic E-state index is 0.0215. The van der Waals surface area contributed by atoms with Crippen molar-refractivity contribution < 1.29 is 4.79 Å². The summed E-state index contributed by atoms with van der Waals surface area (Å²) in [6.07, 6.45) is 1.58. The number of benzene rings is 2. The molecule has 23 heavy (non-hydrogen) atoms. The summed E-state index contributed by atoms with van der Waals surface area (Å²) in [5, 5.41) is 4.33. The first kappa shape index (κ1) is 15.0. The minimum Gasteiger partial charge on any atom is -0.357 e. The number of carbonyl (C=O) groups is 1. The van der Waals surface area contributed by atoms with E-state index in [-0.39, 0.29) is 5.78 Å². The van der Waals surface area contributed by atoms with E-state index < -0.39 is 0 Å². The highest BCUT2D eigenvalue weighted by atomic mass is 16.1. The molecule has 0 aliphatic rings. The van der Waals surface area contributed by atoms with Crippen LogP contribution in [0.15, 0.2) is 72.4 Å². The zero-order valence-electron chi connectivity index (χ0n) is 13.2. The van der Waals surface area contributed by atoms with Gasteiger partial charge >= 0.3 is 0 Å². The van der Waals surface area contributed by atoms with E-state index >= 15 is 0 Å². The highest BCUT2D eigenvalue weighted by molar-refractivity contribution is 5.93. The Morgan fingerprint density at radius 2 is 1.74 bits per heavy atom. The fourth-order valence-corrected chi connectivity index (χ4v) is 2.57. The van der Waals surface area contributed by atoms with Gasteiger partial charge in [-0.25, -0.2) is 4.98 Å². The van der Waals surface area contributed by atoms with Crippen LogP contribution < -0.4 is 5.32 Å². The Kier molecular flexibility index (Phi) is 4.20.